The molecule has 0 aliphatic heterocycles. The van der Waals surface area contributed by atoms with E-state index >= 15 is 0 Å². The summed E-state index contributed by atoms with van der Waals surface area (Å²) in [6, 6.07) is 15.9. The summed E-state index contributed by atoms with van der Waals surface area (Å²) in [5, 5.41) is 7.55. The highest BCUT2D eigenvalue weighted by atomic mass is 16.6. The number of ether oxygens (including phenoxy) is 4. The molecular formula is C27H35N3O8. The molecule has 2 rings (SSSR count). The van der Waals surface area contributed by atoms with E-state index in [1.807, 2.05) is 6.07 Å². The van der Waals surface area contributed by atoms with Crippen molar-refractivity contribution in [3.8, 4) is 11.5 Å². The summed E-state index contributed by atoms with van der Waals surface area (Å²) >= 11 is 0. The van der Waals surface area contributed by atoms with Gasteiger partial charge in [-0.15, -0.1) is 0 Å². The lowest BCUT2D eigenvalue weighted by Crippen LogP contribution is -2.47. The Hall–Kier alpha value is -4.28. The average molecular weight is 530 g/mol. The second-order valence-electron chi connectivity index (χ2n) is 9.25. The second kappa shape index (κ2) is 15.1. The van der Waals surface area contributed by atoms with Crippen LogP contribution in [0.2, 0.25) is 0 Å². The Morgan fingerprint density at radius 3 is 1.87 bits per heavy atom. The van der Waals surface area contributed by atoms with Crippen LogP contribution in [0.3, 0.4) is 0 Å². The number of esters is 1. The van der Waals surface area contributed by atoms with Gasteiger partial charge in [0.25, 0.3) is 0 Å². The fourth-order valence-electron chi connectivity index (χ4n) is 3.07. The minimum Gasteiger partial charge on any atom is -0.444 e. The van der Waals surface area contributed by atoms with E-state index < -0.39 is 42.1 Å². The topological polar surface area (TPSA) is 141 Å². The first-order chi connectivity index (χ1) is 18.0. The van der Waals surface area contributed by atoms with Crippen LogP contribution < -0.4 is 25.4 Å². The highest BCUT2D eigenvalue weighted by Crippen LogP contribution is 2.11. The van der Waals surface area contributed by atoms with Crippen molar-refractivity contribution in [2.45, 2.75) is 64.8 Å². The van der Waals surface area contributed by atoms with Crippen molar-refractivity contribution in [1.29, 1.82) is 0 Å². The lowest BCUT2D eigenvalue weighted by molar-refractivity contribution is -0.152. The lowest BCUT2D eigenvalue weighted by atomic mass is 10.1. The number of nitrogens with one attached hydrogen (secondary N) is 3. The fraction of sp³-hybridized carbons (Fsp3) is 0.407. The van der Waals surface area contributed by atoms with Crippen LogP contribution in [-0.4, -0.2) is 48.7 Å². The molecule has 0 saturated carbocycles. The number of hydrogen-bond acceptors (Lipinski definition) is 8. The number of alkyl carbamates (subject to hydrolysis) is 1. The highest BCUT2D eigenvalue weighted by molar-refractivity contribution is 5.82. The van der Waals surface area contributed by atoms with Gasteiger partial charge in [0.1, 0.15) is 23.1 Å². The Labute approximate surface area is 222 Å². The van der Waals surface area contributed by atoms with E-state index in [0.717, 1.165) is 0 Å². The molecule has 0 bridgehead atoms. The zero-order valence-corrected chi connectivity index (χ0v) is 22.0. The Bertz CT molecular complexity index is 1040. The third-order valence-corrected chi connectivity index (χ3v) is 4.69. The molecule has 0 radical (unpaired) electrons. The standard InChI is InChI=1S/C27H35N3O8/c1-19(29-26(34)38-27(2,3)4)35-23(31)22(30-25(33)37-21-15-9-6-10-16-21)17-11-12-18-28-24(32)36-20-13-7-5-8-14-20/h5-10,13-16,19,22H,11-12,17-18H2,1-4H3,(H,28,32)(H,29,34)(H,30,33). The van der Waals surface area contributed by atoms with E-state index in [2.05, 4.69) is 16.0 Å². The van der Waals surface area contributed by atoms with Gasteiger partial charge < -0.3 is 29.6 Å². The lowest BCUT2D eigenvalue weighted by Gasteiger charge is -2.23. The van der Waals surface area contributed by atoms with Crippen LogP contribution in [0.4, 0.5) is 14.4 Å². The Balaban J connectivity index is 1.86. The van der Waals surface area contributed by atoms with Crippen molar-refractivity contribution in [2.24, 2.45) is 0 Å². The summed E-state index contributed by atoms with van der Waals surface area (Å²) in [6.45, 7) is 6.87. The number of hydrogen-bond donors (Lipinski definition) is 3. The van der Waals surface area contributed by atoms with Gasteiger partial charge in [-0.1, -0.05) is 36.4 Å². The molecule has 11 heteroatoms. The second-order valence-corrected chi connectivity index (χ2v) is 9.25. The van der Waals surface area contributed by atoms with Crippen LogP contribution >= 0.6 is 0 Å². The molecule has 3 N–H and O–H groups in total. The van der Waals surface area contributed by atoms with Crippen molar-refractivity contribution in [2.75, 3.05) is 6.54 Å². The summed E-state index contributed by atoms with van der Waals surface area (Å²) in [5.41, 5.74) is -0.722. The summed E-state index contributed by atoms with van der Waals surface area (Å²) in [6.07, 6.45) is -2.06. The first-order valence-electron chi connectivity index (χ1n) is 12.3. The molecular weight excluding hydrogens is 494 g/mol. The summed E-state index contributed by atoms with van der Waals surface area (Å²) in [4.78, 5) is 49.1. The minimum absolute atomic E-state index is 0.192. The summed E-state index contributed by atoms with van der Waals surface area (Å²) < 4.78 is 20.8. The molecule has 2 aromatic carbocycles. The van der Waals surface area contributed by atoms with Crippen LogP contribution in [0, 0.1) is 0 Å². The van der Waals surface area contributed by atoms with E-state index in [-0.39, 0.29) is 6.42 Å². The van der Waals surface area contributed by atoms with Gasteiger partial charge in [-0.3, -0.25) is 5.32 Å². The predicted octanol–water partition coefficient (Wildman–Crippen LogP) is 4.52. The van der Waals surface area contributed by atoms with Gasteiger partial charge in [0.2, 0.25) is 0 Å². The monoisotopic (exact) mass is 529 g/mol. The molecule has 2 aromatic rings. The van der Waals surface area contributed by atoms with Crippen LogP contribution in [0.25, 0.3) is 0 Å². The number of benzene rings is 2. The largest absolute Gasteiger partial charge is 0.444 e. The first kappa shape index (κ1) is 29.9. The maximum Gasteiger partial charge on any atom is 0.413 e. The fourth-order valence-corrected chi connectivity index (χ4v) is 3.07. The maximum absolute atomic E-state index is 12.8. The number of carbonyl (C=O) groups is 4. The summed E-state index contributed by atoms with van der Waals surface area (Å²) in [7, 11) is 0. The van der Waals surface area contributed by atoms with Crippen molar-refractivity contribution >= 4 is 24.2 Å². The Kier molecular flexibility index (Phi) is 11.9. The zero-order chi connectivity index (χ0) is 28.0. The number of carbonyl (C=O) groups excluding carboxylic acids is 4. The third kappa shape index (κ3) is 12.6. The molecule has 2 unspecified atom stereocenters. The van der Waals surface area contributed by atoms with Crippen LogP contribution in [0.5, 0.6) is 11.5 Å². The van der Waals surface area contributed by atoms with Crippen molar-refractivity contribution in [3.63, 3.8) is 0 Å². The first-order valence-corrected chi connectivity index (χ1v) is 12.3. The number of amides is 3. The SMILES string of the molecule is CC(NC(=O)OC(C)(C)C)OC(=O)C(CCCCNC(=O)Oc1ccccc1)NC(=O)Oc1ccccc1. The predicted molar refractivity (Wildman–Crippen MR) is 139 cm³/mol. The molecule has 2 atom stereocenters. The zero-order valence-electron chi connectivity index (χ0n) is 22.0. The van der Waals surface area contributed by atoms with Gasteiger partial charge in [-0.05, 0) is 71.2 Å². The van der Waals surface area contributed by atoms with Gasteiger partial charge in [-0.25, -0.2) is 19.2 Å². The molecule has 0 aliphatic rings. The van der Waals surface area contributed by atoms with Crippen molar-refractivity contribution in [3.05, 3.63) is 60.7 Å². The highest BCUT2D eigenvalue weighted by Gasteiger charge is 2.26. The average Bonchev–Trinajstić information content (AvgIpc) is 2.83. The minimum atomic E-state index is -1.06. The van der Waals surface area contributed by atoms with Gasteiger partial charge >= 0.3 is 24.2 Å². The van der Waals surface area contributed by atoms with Gasteiger partial charge in [0, 0.05) is 6.54 Å². The van der Waals surface area contributed by atoms with E-state index in [1.54, 1.807) is 75.4 Å². The van der Waals surface area contributed by atoms with Gasteiger partial charge in [0.05, 0.1) is 0 Å². The summed E-state index contributed by atoms with van der Waals surface area (Å²) in [5.74, 6) is -0.0451. The molecule has 206 valence electrons. The van der Waals surface area contributed by atoms with E-state index in [1.165, 1.54) is 6.92 Å². The van der Waals surface area contributed by atoms with Crippen molar-refractivity contribution < 1.29 is 38.1 Å². The molecule has 0 aromatic heterocycles. The molecule has 0 saturated heterocycles. The smallest absolute Gasteiger partial charge is 0.413 e. The molecule has 38 heavy (non-hydrogen) atoms. The molecule has 3 amide bonds. The maximum atomic E-state index is 12.8. The van der Waals surface area contributed by atoms with Gasteiger partial charge in [-0.2, -0.15) is 0 Å². The van der Waals surface area contributed by atoms with E-state index in [4.69, 9.17) is 18.9 Å². The number of para-hydroxylation sites is 2. The normalized spacial score (nSPS) is 12.3. The van der Waals surface area contributed by atoms with Crippen LogP contribution in [-0.2, 0) is 14.3 Å². The van der Waals surface area contributed by atoms with E-state index in [0.29, 0.717) is 30.9 Å². The molecule has 11 nitrogen and oxygen atoms in total. The van der Waals surface area contributed by atoms with Crippen molar-refractivity contribution in [1.82, 2.24) is 16.0 Å². The number of unbranched alkanes of at least 4 members (excludes halogenated alkanes) is 1. The van der Waals surface area contributed by atoms with Gasteiger partial charge in [0.15, 0.2) is 6.23 Å². The van der Waals surface area contributed by atoms with Crippen LogP contribution in [0.1, 0.15) is 47.0 Å². The number of rotatable bonds is 11. The third-order valence-electron chi connectivity index (χ3n) is 4.69. The molecule has 0 spiro atoms. The quantitative estimate of drug-likeness (QED) is 0.219. The Morgan fingerprint density at radius 1 is 0.763 bits per heavy atom. The van der Waals surface area contributed by atoms with Crippen LogP contribution in [0.15, 0.2) is 60.7 Å². The Morgan fingerprint density at radius 2 is 1.32 bits per heavy atom. The molecule has 0 heterocycles. The molecule has 0 aliphatic carbocycles. The van der Waals surface area contributed by atoms with E-state index in [9.17, 15) is 19.2 Å². The molecule has 0 fully saturated rings.